The highest BCUT2D eigenvalue weighted by atomic mass is 16.6. The second kappa shape index (κ2) is 8.74. The van der Waals surface area contributed by atoms with Crippen LogP contribution in [0.1, 0.15) is 27.2 Å². The molecule has 2 aromatic carbocycles. The minimum Gasteiger partial charge on any atom is -0.353 e. The Kier molecular flexibility index (Phi) is 5.85. The smallest absolute Gasteiger partial charge is 0.270 e. The minimum atomic E-state index is -0.485. The fraction of sp³-hybridized carbons (Fsp3) is 0.292. The van der Waals surface area contributed by atoms with Crippen molar-refractivity contribution in [1.29, 1.82) is 0 Å². The zero-order chi connectivity index (χ0) is 22.8. The third-order valence-corrected chi connectivity index (χ3v) is 5.81. The molecular formula is C24H25N5O3. The normalized spacial score (nSPS) is 13.8. The van der Waals surface area contributed by atoms with E-state index in [0.717, 1.165) is 28.2 Å². The summed E-state index contributed by atoms with van der Waals surface area (Å²) in [5, 5.41) is 11.0. The van der Waals surface area contributed by atoms with Gasteiger partial charge < -0.3 is 9.80 Å². The number of carbonyl (C=O) groups excluding carboxylic acids is 1. The van der Waals surface area contributed by atoms with E-state index in [2.05, 4.69) is 16.0 Å². The SMILES string of the molecule is Cc1cccc(-c2nc(C)c(C)c(N3CCN(C(=O)c4cccc([N+](=O)[O-])c4)CC3)n2)c1. The lowest BCUT2D eigenvalue weighted by molar-refractivity contribution is -0.384. The Morgan fingerprint density at radius 3 is 2.38 bits per heavy atom. The van der Waals surface area contributed by atoms with E-state index in [4.69, 9.17) is 4.98 Å². The molecule has 0 N–H and O–H groups in total. The number of hydrogen-bond acceptors (Lipinski definition) is 6. The summed E-state index contributed by atoms with van der Waals surface area (Å²) in [5.41, 5.74) is 4.35. The quantitative estimate of drug-likeness (QED) is 0.459. The van der Waals surface area contributed by atoms with Crippen LogP contribution in [0.25, 0.3) is 11.4 Å². The van der Waals surface area contributed by atoms with Gasteiger partial charge in [-0.2, -0.15) is 0 Å². The average molecular weight is 431 g/mol. The first-order valence-corrected chi connectivity index (χ1v) is 10.5. The van der Waals surface area contributed by atoms with Crippen molar-refractivity contribution >= 4 is 17.4 Å². The summed E-state index contributed by atoms with van der Waals surface area (Å²) in [6.45, 7) is 8.35. The molecule has 0 aliphatic carbocycles. The van der Waals surface area contributed by atoms with Gasteiger partial charge >= 0.3 is 0 Å². The molecule has 0 unspecified atom stereocenters. The maximum Gasteiger partial charge on any atom is 0.270 e. The number of nitrogens with zero attached hydrogens (tertiary/aromatic N) is 5. The highest BCUT2D eigenvalue weighted by molar-refractivity contribution is 5.95. The number of nitro groups is 1. The van der Waals surface area contributed by atoms with Gasteiger partial charge in [0.25, 0.3) is 11.6 Å². The van der Waals surface area contributed by atoms with Gasteiger partial charge in [-0.05, 0) is 32.9 Å². The molecule has 8 heteroatoms. The number of amides is 1. The van der Waals surface area contributed by atoms with E-state index in [9.17, 15) is 14.9 Å². The molecule has 1 saturated heterocycles. The molecule has 1 fully saturated rings. The maximum absolute atomic E-state index is 12.9. The van der Waals surface area contributed by atoms with Gasteiger partial charge in [-0.25, -0.2) is 9.97 Å². The van der Waals surface area contributed by atoms with Crippen LogP contribution in [0.4, 0.5) is 11.5 Å². The van der Waals surface area contributed by atoms with Crippen molar-refractivity contribution < 1.29 is 9.72 Å². The number of aromatic nitrogens is 2. The number of aryl methyl sites for hydroxylation is 2. The molecule has 2 heterocycles. The molecule has 1 aliphatic heterocycles. The van der Waals surface area contributed by atoms with E-state index in [-0.39, 0.29) is 11.6 Å². The van der Waals surface area contributed by atoms with Crippen molar-refractivity contribution in [2.75, 3.05) is 31.1 Å². The molecule has 4 rings (SSSR count). The van der Waals surface area contributed by atoms with Crippen molar-refractivity contribution in [3.05, 3.63) is 81.0 Å². The lowest BCUT2D eigenvalue weighted by Gasteiger charge is -2.36. The van der Waals surface area contributed by atoms with E-state index in [0.29, 0.717) is 37.6 Å². The van der Waals surface area contributed by atoms with Crippen molar-refractivity contribution in [3.63, 3.8) is 0 Å². The number of anilines is 1. The van der Waals surface area contributed by atoms with Crippen molar-refractivity contribution in [3.8, 4) is 11.4 Å². The first kappa shape index (κ1) is 21.4. The molecular weight excluding hydrogens is 406 g/mol. The van der Waals surface area contributed by atoms with Crippen molar-refractivity contribution in [1.82, 2.24) is 14.9 Å². The monoisotopic (exact) mass is 431 g/mol. The molecule has 1 aromatic heterocycles. The Labute approximate surface area is 186 Å². The fourth-order valence-electron chi connectivity index (χ4n) is 3.89. The summed E-state index contributed by atoms with van der Waals surface area (Å²) in [5.74, 6) is 1.39. The molecule has 3 aromatic rings. The van der Waals surface area contributed by atoms with E-state index in [1.165, 1.54) is 12.1 Å². The maximum atomic E-state index is 12.9. The van der Waals surface area contributed by atoms with Crippen LogP contribution in [0.15, 0.2) is 48.5 Å². The van der Waals surface area contributed by atoms with E-state index < -0.39 is 4.92 Å². The Balaban J connectivity index is 1.52. The summed E-state index contributed by atoms with van der Waals surface area (Å²) < 4.78 is 0. The summed E-state index contributed by atoms with van der Waals surface area (Å²) in [6.07, 6.45) is 0. The lowest BCUT2D eigenvalue weighted by Crippen LogP contribution is -2.49. The first-order valence-electron chi connectivity index (χ1n) is 10.5. The van der Waals surface area contributed by atoms with Gasteiger partial charge in [-0.3, -0.25) is 14.9 Å². The molecule has 1 amide bonds. The van der Waals surface area contributed by atoms with Gasteiger partial charge in [0, 0.05) is 60.7 Å². The number of hydrogen-bond donors (Lipinski definition) is 0. The van der Waals surface area contributed by atoms with Crippen LogP contribution in [-0.2, 0) is 0 Å². The standard InChI is InChI=1S/C24H25N5O3/c1-16-6-4-7-19(14-16)22-25-18(3)17(2)23(26-22)27-10-12-28(13-11-27)24(30)20-8-5-9-21(15-20)29(31)32/h4-9,14-15H,10-13H2,1-3H3. The predicted octanol–water partition coefficient (Wildman–Crippen LogP) is 3.94. The summed E-state index contributed by atoms with van der Waals surface area (Å²) in [6, 6.07) is 14.0. The zero-order valence-corrected chi connectivity index (χ0v) is 18.4. The largest absolute Gasteiger partial charge is 0.353 e. The second-order valence-corrected chi connectivity index (χ2v) is 8.04. The van der Waals surface area contributed by atoms with Gasteiger partial charge in [0.05, 0.1) is 4.92 Å². The summed E-state index contributed by atoms with van der Waals surface area (Å²) in [4.78, 5) is 36.9. The number of non-ortho nitro benzene ring substituents is 1. The molecule has 0 bridgehead atoms. The van der Waals surface area contributed by atoms with E-state index in [1.807, 2.05) is 39.0 Å². The lowest BCUT2D eigenvalue weighted by atomic mass is 10.1. The van der Waals surface area contributed by atoms with Gasteiger partial charge in [-0.15, -0.1) is 0 Å². The van der Waals surface area contributed by atoms with Gasteiger partial charge in [0.1, 0.15) is 5.82 Å². The van der Waals surface area contributed by atoms with E-state index in [1.54, 1.807) is 17.0 Å². The minimum absolute atomic E-state index is 0.0785. The Bertz CT molecular complexity index is 1190. The molecule has 164 valence electrons. The topological polar surface area (TPSA) is 92.5 Å². The zero-order valence-electron chi connectivity index (χ0n) is 18.4. The average Bonchev–Trinajstić information content (AvgIpc) is 2.80. The van der Waals surface area contributed by atoms with Crippen LogP contribution in [0, 0.1) is 30.9 Å². The van der Waals surface area contributed by atoms with Crippen LogP contribution in [0.2, 0.25) is 0 Å². The van der Waals surface area contributed by atoms with Crippen LogP contribution in [-0.4, -0.2) is 51.9 Å². The van der Waals surface area contributed by atoms with Crippen LogP contribution in [0.3, 0.4) is 0 Å². The highest BCUT2D eigenvalue weighted by Crippen LogP contribution is 2.26. The van der Waals surface area contributed by atoms with Crippen molar-refractivity contribution in [2.45, 2.75) is 20.8 Å². The predicted molar refractivity (Wildman–Crippen MR) is 123 cm³/mol. The first-order chi connectivity index (χ1) is 15.3. The molecule has 0 saturated carbocycles. The fourth-order valence-corrected chi connectivity index (χ4v) is 3.89. The highest BCUT2D eigenvalue weighted by Gasteiger charge is 2.25. The Morgan fingerprint density at radius 1 is 0.969 bits per heavy atom. The summed E-state index contributed by atoms with van der Waals surface area (Å²) in [7, 11) is 0. The van der Waals surface area contributed by atoms with Crippen LogP contribution in [0.5, 0.6) is 0 Å². The van der Waals surface area contributed by atoms with Crippen LogP contribution < -0.4 is 4.90 Å². The van der Waals surface area contributed by atoms with Crippen molar-refractivity contribution in [2.24, 2.45) is 0 Å². The van der Waals surface area contributed by atoms with Crippen LogP contribution >= 0.6 is 0 Å². The Hall–Kier alpha value is -3.81. The van der Waals surface area contributed by atoms with Gasteiger partial charge in [0.2, 0.25) is 0 Å². The Morgan fingerprint density at radius 2 is 1.69 bits per heavy atom. The molecule has 1 aliphatic rings. The number of rotatable bonds is 4. The third-order valence-electron chi connectivity index (χ3n) is 5.81. The second-order valence-electron chi connectivity index (χ2n) is 8.04. The number of carbonyl (C=O) groups is 1. The number of benzene rings is 2. The summed E-state index contributed by atoms with van der Waals surface area (Å²) >= 11 is 0. The van der Waals surface area contributed by atoms with Gasteiger partial charge in [0.15, 0.2) is 5.82 Å². The molecule has 0 radical (unpaired) electrons. The third kappa shape index (κ3) is 4.30. The number of nitro benzene ring substituents is 1. The molecule has 0 atom stereocenters. The van der Waals surface area contributed by atoms with Gasteiger partial charge in [-0.1, -0.05) is 29.8 Å². The number of piperazine rings is 1. The molecule has 32 heavy (non-hydrogen) atoms. The molecule has 8 nitrogen and oxygen atoms in total. The van der Waals surface area contributed by atoms with E-state index >= 15 is 0 Å². The molecule has 0 spiro atoms.